The van der Waals surface area contributed by atoms with Crippen molar-refractivity contribution < 1.29 is 9.47 Å². The van der Waals surface area contributed by atoms with Crippen molar-refractivity contribution in [2.24, 2.45) is 0 Å². The molecule has 0 amide bonds. The average molecular weight is 363 g/mol. The third kappa shape index (κ3) is 4.01. The van der Waals surface area contributed by atoms with Crippen LogP contribution in [0.4, 0.5) is 5.69 Å². The highest BCUT2D eigenvalue weighted by molar-refractivity contribution is 5.57. The van der Waals surface area contributed by atoms with Crippen LogP contribution < -0.4 is 15.2 Å². The summed E-state index contributed by atoms with van der Waals surface area (Å²) in [5, 5.41) is 4.27. The maximum absolute atomic E-state index is 12.7. The van der Waals surface area contributed by atoms with Crippen LogP contribution in [0, 0.1) is 0 Å². The molecule has 6 nitrogen and oxygen atoms in total. The lowest BCUT2D eigenvalue weighted by Gasteiger charge is -2.30. The molecule has 1 aromatic heterocycles. The Labute approximate surface area is 157 Å². The molecule has 0 aliphatic carbocycles. The van der Waals surface area contributed by atoms with Crippen molar-refractivity contribution in [2.75, 3.05) is 18.1 Å². The van der Waals surface area contributed by atoms with E-state index in [1.54, 1.807) is 6.20 Å². The smallest absolute Gasteiger partial charge is 0.313 e. The maximum Gasteiger partial charge on any atom is 0.313 e. The second kappa shape index (κ2) is 8.05. The Morgan fingerprint density at radius 3 is 2.44 bits per heavy atom. The van der Waals surface area contributed by atoms with E-state index < -0.39 is 0 Å². The minimum absolute atomic E-state index is 0.0864. The number of aromatic nitrogens is 2. The van der Waals surface area contributed by atoms with Crippen LogP contribution in [-0.2, 0) is 24.6 Å². The summed E-state index contributed by atoms with van der Waals surface area (Å²) in [6.07, 6.45) is 1.69. The summed E-state index contributed by atoms with van der Waals surface area (Å²) in [4.78, 5) is 14.8. The number of fused-ring (bicyclic) bond motifs is 1. The van der Waals surface area contributed by atoms with Crippen LogP contribution in [-0.4, -0.2) is 22.9 Å². The quantitative estimate of drug-likeness (QED) is 0.674. The summed E-state index contributed by atoms with van der Waals surface area (Å²) >= 11 is 0. The molecule has 0 saturated carbocycles. The van der Waals surface area contributed by atoms with Crippen molar-refractivity contribution in [3.8, 4) is 5.75 Å². The molecule has 4 rings (SSSR count). The van der Waals surface area contributed by atoms with E-state index in [1.807, 2.05) is 48.5 Å². The van der Waals surface area contributed by atoms with Crippen LogP contribution in [0.2, 0.25) is 0 Å². The third-order valence-electron chi connectivity index (χ3n) is 4.47. The summed E-state index contributed by atoms with van der Waals surface area (Å²) < 4.78 is 12.6. The van der Waals surface area contributed by atoms with Crippen molar-refractivity contribution >= 4 is 5.69 Å². The number of hydrogen-bond donors (Lipinski definition) is 0. The van der Waals surface area contributed by atoms with Crippen LogP contribution in [0.15, 0.2) is 71.7 Å². The molecule has 0 fully saturated rings. The highest BCUT2D eigenvalue weighted by atomic mass is 16.5. The van der Waals surface area contributed by atoms with Gasteiger partial charge in [0.1, 0.15) is 19.0 Å². The predicted molar refractivity (Wildman–Crippen MR) is 103 cm³/mol. The van der Waals surface area contributed by atoms with E-state index in [-0.39, 0.29) is 12.3 Å². The van der Waals surface area contributed by atoms with Gasteiger partial charge in [0.25, 0.3) is 0 Å². The summed E-state index contributed by atoms with van der Waals surface area (Å²) in [5.41, 5.74) is 2.70. The van der Waals surface area contributed by atoms with Crippen LogP contribution in [0.3, 0.4) is 0 Å². The van der Waals surface area contributed by atoms with Gasteiger partial charge in [-0.1, -0.05) is 60.7 Å². The van der Waals surface area contributed by atoms with Crippen LogP contribution in [0.1, 0.15) is 11.1 Å². The van der Waals surface area contributed by atoms with Crippen molar-refractivity contribution in [2.45, 2.75) is 19.9 Å². The summed E-state index contributed by atoms with van der Waals surface area (Å²) in [6.45, 7) is 2.42. The van der Waals surface area contributed by atoms with Crippen LogP contribution >= 0.6 is 0 Å². The molecule has 0 spiro atoms. The van der Waals surface area contributed by atoms with Crippen LogP contribution in [0.25, 0.3) is 0 Å². The number of benzene rings is 2. The molecule has 0 bridgehead atoms. The SMILES string of the molecule is O=c1c2c(cnn1COCc1ccccc1)N(Cc1ccccc1)CCO2. The third-order valence-corrected chi connectivity index (χ3v) is 4.47. The molecule has 0 saturated heterocycles. The molecule has 6 heteroatoms. The minimum Gasteiger partial charge on any atom is -0.484 e. The lowest BCUT2D eigenvalue weighted by Crippen LogP contribution is -2.37. The van der Waals surface area contributed by atoms with Gasteiger partial charge >= 0.3 is 5.56 Å². The molecule has 0 atom stereocenters. The second-order valence-electron chi connectivity index (χ2n) is 6.38. The highest BCUT2D eigenvalue weighted by Crippen LogP contribution is 2.28. The molecular weight excluding hydrogens is 342 g/mol. The van der Waals surface area contributed by atoms with Crippen molar-refractivity contribution in [3.05, 3.63) is 88.3 Å². The zero-order valence-electron chi connectivity index (χ0n) is 15.0. The molecule has 1 aliphatic rings. The molecule has 0 N–H and O–H groups in total. The number of anilines is 1. The van der Waals surface area contributed by atoms with Crippen molar-refractivity contribution in [1.29, 1.82) is 0 Å². The van der Waals surface area contributed by atoms with Gasteiger partial charge in [-0.3, -0.25) is 4.79 Å². The van der Waals surface area contributed by atoms with Gasteiger partial charge in [0.05, 0.1) is 19.3 Å². The molecule has 3 aromatic rings. The maximum atomic E-state index is 12.7. The van der Waals surface area contributed by atoms with Gasteiger partial charge < -0.3 is 14.4 Å². The van der Waals surface area contributed by atoms with Gasteiger partial charge in [-0.2, -0.15) is 5.10 Å². The molecule has 2 aromatic carbocycles. The number of hydrogen-bond acceptors (Lipinski definition) is 5. The summed E-state index contributed by atoms with van der Waals surface area (Å²) in [5.74, 6) is 0.343. The Morgan fingerprint density at radius 2 is 1.70 bits per heavy atom. The average Bonchev–Trinajstić information content (AvgIpc) is 2.72. The first-order chi connectivity index (χ1) is 13.3. The van der Waals surface area contributed by atoms with Crippen molar-refractivity contribution in [1.82, 2.24) is 9.78 Å². The molecule has 1 aliphatic heterocycles. The van der Waals surface area contributed by atoms with Gasteiger partial charge in [0.2, 0.25) is 5.75 Å². The first kappa shape index (κ1) is 17.3. The van der Waals surface area contributed by atoms with Gasteiger partial charge in [-0.05, 0) is 11.1 Å². The van der Waals surface area contributed by atoms with E-state index in [9.17, 15) is 4.79 Å². The molecule has 0 unspecified atom stereocenters. The zero-order chi connectivity index (χ0) is 18.5. The standard InChI is InChI=1S/C21H21N3O3/c25-21-20-19(23(11-12-27-20)14-17-7-3-1-4-8-17)13-22-24(21)16-26-15-18-9-5-2-6-10-18/h1-10,13H,11-12,14-16H2. The van der Waals surface area contributed by atoms with E-state index in [1.165, 1.54) is 10.2 Å². The fourth-order valence-corrected chi connectivity index (χ4v) is 3.09. The fourth-order valence-electron chi connectivity index (χ4n) is 3.09. The number of nitrogens with zero attached hydrogens (tertiary/aromatic N) is 3. The Balaban J connectivity index is 1.48. The molecule has 2 heterocycles. The topological polar surface area (TPSA) is 56.6 Å². The molecule has 138 valence electrons. The summed E-state index contributed by atoms with van der Waals surface area (Å²) in [6, 6.07) is 20.0. The van der Waals surface area contributed by atoms with E-state index in [0.717, 1.165) is 17.8 Å². The van der Waals surface area contributed by atoms with E-state index in [2.05, 4.69) is 22.1 Å². The first-order valence-corrected chi connectivity index (χ1v) is 8.95. The first-order valence-electron chi connectivity index (χ1n) is 8.95. The zero-order valence-corrected chi connectivity index (χ0v) is 15.0. The number of rotatable bonds is 6. The number of ether oxygens (including phenoxy) is 2. The van der Waals surface area contributed by atoms with E-state index in [0.29, 0.717) is 25.5 Å². The normalized spacial score (nSPS) is 13.1. The van der Waals surface area contributed by atoms with Gasteiger partial charge in [0.15, 0.2) is 0 Å². The van der Waals surface area contributed by atoms with E-state index in [4.69, 9.17) is 9.47 Å². The van der Waals surface area contributed by atoms with E-state index >= 15 is 0 Å². The van der Waals surface area contributed by atoms with Gasteiger partial charge in [-0.25, -0.2) is 4.68 Å². The van der Waals surface area contributed by atoms with Crippen molar-refractivity contribution in [3.63, 3.8) is 0 Å². The van der Waals surface area contributed by atoms with Gasteiger partial charge in [-0.15, -0.1) is 0 Å². The Hall–Kier alpha value is -3.12. The Kier molecular flexibility index (Phi) is 5.16. The Morgan fingerprint density at radius 1 is 1.00 bits per heavy atom. The molecule has 0 radical (unpaired) electrons. The van der Waals surface area contributed by atoms with Gasteiger partial charge in [0, 0.05) is 6.54 Å². The second-order valence-corrected chi connectivity index (χ2v) is 6.38. The highest BCUT2D eigenvalue weighted by Gasteiger charge is 2.23. The lowest BCUT2D eigenvalue weighted by atomic mass is 10.2. The largest absolute Gasteiger partial charge is 0.484 e. The fraction of sp³-hybridized carbons (Fsp3) is 0.238. The summed E-state index contributed by atoms with van der Waals surface area (Å²) in [7, 11) is 0. The minimum atomic E-state index is -0.265. The van der Waals surface area contributed by atoms with Crippen LogP contribution in [0.5, 0.6) is 5.75 Å². The lowest BCUT2D eigenvalue weighted by molar-refractivity contribution is 0.0519. The Bertz CT molecular complexity index is 942. The molecular formula is C21H21N3O3. The predicted octanol–water partition coefficient (Wildman–Crippen LogP) is 2.82. The monoisotopic (exact) mass is 363 g/mol. The molecule has 27 heavy (non-hydrogen) atoms.